The molecular formula is C14H10F4OS. The topological polar surface area (TPSA) is 17.1 Å². The molecule has 1 heterocycles. The molecule has 0 spiro atoms. The highest BCUT2D eigenvalue weighted by atomic mass is 32.1. The molecule has 0 aliphatic rings. The Labute approximate surface area is 116 Å². The van der Waals surface area contributed by atoms with Crippen molar-refractivity contribution >= 4 is 17.1 Å². The van der Waals surface area contributed by atoms with Gasteiger partial charge in [-0.25, -0.2) is 4.39 Å². The van der Waals surface area contributed by atoms with Crippen LogP contribution in [0.25, 0.3) is 0 Å². The lowest BCUT2D eigenvalue weighted by Gasteiger charge is -2.10. The first-order chi connectivity index (χ1) is 9.21. The van der Waals surface area contributed by atoms with Gasteiger partial charge in [0.15, 0.2) is 5.78 Å². The van der Waals surface area contributed by atoms with Crippen LogP contribution in [-0.2, 0) is 6.18 Å². The second kappa shape index (κ2) is 5.01. The van der Waals surface area contributed by atoms with Crippen LogP contribution < -0.4 is 0 Å². The van der Waals surface area contributed by atoms with Crippen LogP contribution in [0.4, 0.5) is 17.6 Å². The van der Waals surface area contributed by atoms with Crippen molar-refractivity contribution in [2.75, 3.05) is 0 Å². The zero-order chi connectivity index (χ0) is 15.1. The van der Waals surface area contributed by atoms with E-state index in [-0.39, 0.29) is 5.56 Å². The predicted molar refractivity (Wildman–Crippen MR) is 68.6 cm³/mol. The largest absolute Gasteiger partial charge is 0.419 e. The van der Waals surface area contributed by atoms with Gasteiger partial charge in [-0.15, -0.1) is 11.3 Å². The molecule has 0 saturated heterocycles. The number of rotatable bonds is 2. The maximum Gasteiger partial charge on any atom is 0.419 e. The van der Waals surface area contributed by atoms with Crippen LogP contribution in [0, 0.1) is 19.7 Å². The van der Waals surface area contributed by atoms with E-state index in [1.807, 2.05) is 0 Å². The lowest BCUT2D eigenvalue weighted by atomic mass is 10.0. The average Bonchev–Trinajstić information content (AvgIpc) is 2.66. The molecule has 0 N–H and O–H groups in total. The average molecular weight is 302 g/mol. The molecule has 0 bridgehead atoms. The van der Waals surface area contributed by atoms with Crippen molar-refractivity contribution in [3.05, 3.63) is 56.5 Å². The predicted octanol–water partition coefficient (Wildman–Crippen LogP) is 4.75. The standard InChI is InChI=1S/C14H10F4OS/c1-7-6-10(8(2)20-7)13(19)9-4-3-5-11(12(9)15)14(16,17)18/h3-6H,1-2H3. The SMILES string of the molecule is Cc1cc(C(=O)c2cccc(C(F)(F)F)c2F)c(C)s1. The van der Waals surface area contributed by atoms with Crippen LogP contribution in [-0.4, -0.2) is 5.78 Å². The molecule has 0 fully saturated rings. The van der Waals surface area contributed by atoms with Gasteiger partial charge < -0.3 is 0 Å². The fourth-order valence-corrected chi connectivity index (χ4v) is 2.85. The molecule has 106 valence electrons. The van der Waals surface area contributed by atoms with E-state index in [2.05, 4.69) is 0 Å². The molecule has 0 atom stereocenters. The quantitative estimate of drug-likeness (QED) is 0.578. The van der Waals surface area contributed by atoms with E-state index >= 15 is 0 Å². The number of hydrogen-bond donors (Lipinski definition) is 0. The fraction of sp³-hybridized carbons (Fsp3) is 0.214. The smallest absolute Gasteiger partial charge is 0.288 e. The summed E-state index contributed by atoms with van der Waals surface area (Å²) in [5.41, 5.74) is -1.74. The maximum absolute atomic E-state index is 13.9. The van der Waals surface area contributed by atoms with E-state index in [1.54, 1.807) is 19.9 Å². The summed E-state index contributed by atoms with van der Waals surface area (Å²) in [6, 6.07) is 4.28. The van der Waals surface area contributed by atoms with Gasteiger partial charge in [0, 0.05) is 15.3 Å². The van der Waals surface area contributed by atoms with Crippen LogP contribution in [0.3, 0.4) is 0 Å². The molecule has 1 aromatic heterocycles. The number of benzene rings is 1. The number of halogens is 4. The van der Waals surface area contributed by atoms with Gasteiger partial charge in [-0.3, -0.25) is 4.79 Å². The van der Waals surface area contributed by atoms with Gasteiger partial charge in [0.05, 0.1) is 11.1 Å². The number of carbonyl (C=O) groups excluding carboxylic acids is 1. The van der Waals surface area contributed by atoms with Crippen molar-refractivity contribution < 1.29 is 22.4 Å². The Balaban J connectivity index is 2.54. The summed E-state index contributed by atoms with van der Waals surface area (Å²) >= 11 is 1.34. The Bertz CT molecular complexity index is 670. The zero-order valence-electron chi connectivity index (χ0n) is 10.6. The molecule has 2 rings (SSSR count). The monoisotopic (exact) mass is 302 g/mol. The summed E-state index contributed by atoms with van der Waals surface area (Å²) in [4.78, 5) is 13.7. The minimum Gasteiger partial charge on any atom is -0.288 e. The summed E-state index contributed by atoms with van der Waals surface area (Å²) in [5, 5.41) is 0. The summed E-state index contributed by atoms with van der Waals surface area (Å²) in [6.45, 7) is 3.45. The first-order valence-electron chi connectivity index (χ1n) is 5.69. The molecule has 1 nitrogen and oxygen atoms in total. The van der Waals surface area contributed by atoms with Gasteiger partial charge >= 0.3 is 6.18 Å². The van der Waals surface area contributed by atoms with Crippen molar-refractivity contribution in [3.8, 4) is 0 Å². The van der Waals surface area contributed by atoms with E-state index in [0.717, 1.165) is 17.0 Å². The van der Waals surface area contributed by atoms with Crippen molar-refractivity contribution in [2.45, 2.75) is 20.0 Å². The number of hydrogen-bond acceptors (Lipinski definition) is 2. The van der Waals surface area contributed by atoms with Gasteiger partial charge in [-0.1, -0.05) is 6.07 Å². The molecule has 0 unspecified atom stereocenters. The third kappa shape index (κ3) is 2.60. The number of ketones is 1. The van der Waals surface area contributed by atoms with Crippen LogP contribution >= 0.6 is 11.3 Å². The third-order valence-electron chi connectivity index (χ3n) is 2.83. The third-order valence-corrected chi connectivity index (χ3v) is 3.80. The van der Waals surface area contributed by atoms with Crippen LogP contribution in [0.1, 0.15) is 31.2 Å². The Morgan fingerprint density at radius 1 is 1.15 bits per heavy atom. The van der Waals surface area contributed by atoms with Crippen molar-refractivity contribution in [1.82, 2.24) is 0 Å². The molecule has 0 aliphatic heterocycles. The number of carbonyl (C=O) groups is 1. The second-order valence-electron chi connectivity index (χ2n) is 4.32. The van der Waals surface area contributed by atoms with E-state index < -0.39 is 28.9 Å². The maximum atomic E-state index is 13.9. The highest BCUT2D eigenvalue weighted by molar-refractivity contribution is 7.12. The van der Waals surface area contributed by atoms with Crippen LogP contribution in [0.5, 0.6) is 0 Å². The van der Waals surface area contributed by atoms with Gasteiger partial charge in [0.25, 0.3) is 0 Å². The minimum atomic E-state index is -4.82. The molecule has 1 aromatic carbocycles. The van der Waals surface area contributed by atoms with Crippen molar-refractivity contribution in [3.63, 3.8) is 0 Å². The first-order valence-corrected chi connectivity index (χ1v) is 6.51. The van der Waals surface area contributed by atoms with Crippen LogP contribution in [0.2, 0.25) is 0 Å². The Kier molecular flexibility index (Phi) is 3.69. The molecule has 2 aromatic rings. The van der Waals surface area contributed by atoms with Gasteiger partial charge in [0.1, 0.15) is 5.82 Å². The summed E-state index contributed by atoms with van der Waals surface area (Å²) in [5.74, 6) is -2.25. The van der Waals surface area contributed by atoms with Gasteiger partial charge in [0.2, 0.25) is 0 Å². The van der Waals surface area contributed by atoms with Gasteiger partial charge in [-0.2, -0.15) is 13.2 Å². The minimum absolute atomic E-state index is 0.241. The van der Waals surface area contributed by atoms with Gasteiger partial charge in [-0.05, 0) is 32.0 Å². The molecular weight excluding hydrogens is 292 g/mol. The van der Waals surface area contributed by atoms with E-state index in [0.29, 0.717) is 10.9 Å². The summed E-state index contributed by atoms with van der Waals surface area (Å²) in [7, 11) is 0. The zero-order valence-corrected chi connectivity index (χ0v) is 11.5. The summed E-state index contributed by atoms with van der Waals surface area (Å²) < 4.78 is 51.8. The lowest BCUT2D eigenvalue weighted by molar-refractivity contribution is -0.140. The fourth-order valence-electron chi connectivity index (χ4n) is 1.93. The summed E-state index contributed by atoms with van der Waals surface area (Å²) in [6.07, 6.45) is -4.82. The van der Waals surface area contributed by atoms with E-state index in [1.165, 1.54) is 11.3 Å². The molecule has 0 amide bonds. The lowest BCUT2D eigenvalue weighted by Crippen LogP contribution is -2.13. The molecule has 0 radical (unpaired) electrons. The van der Waals surface area contributed by atoms with Crippen LogP contribution in [0.15, 0.2) is 24.3 Å². The highest BCUT2D eigenvalue weighted by Crippen LogP contribution is 2.33. The molecule has 0 aliphatic carbocycles. The Morgan fingerprint density at radius 3 is 2.30 bits per heavy atom. The number of alkyl halides is 3. The second-order valence-corrected chi connectivity index (χ2v) is 5.78. The van der Waals surface area contributed by atoms with Crippen molar-refractivity contribution in [1.29, 1.82) is 0 Å². The first kappa shape index (κ1) is 14.7. The normalized spacial score (nSPS) is 11.7. The molecule has 6 heteroatoms. The molecule has 0 saturated carbocycles. The van der Waals surface area contributed by atoms with E-state index in [9.17, 15) is 22.4 Å². The highest BCUT2D eigenvalue weighted by Gasteiger charge is 2.36. The molecule has 20 heavy (non-hydrogen) atoms. The Hall–Kier alpha value is -1.69. The van der Waals surface area contributed by atoms with E-state index in [4.69, 9.17) is 0 Å². The number of aryl methyl sites for hydroxylation is 2. The van der Waals surface area contributed by atoms with Crippen molar-refractivity contribution in [2.24, 2.45) is 0 Å². The number of thiophene rings is 1. The Morgan fingerprint density at radius 2 is 1.80 bits per heavy atom.